The van der Waals surface area contributed by atoms with E-state index in [0.717, 1.165) is 43.4 Å². The maximum atomic E-state index is 11.5. The third-order valence-electron chi connectivity index (χ3n) is 14.9. The van der Waals surface area contributed by atoms with E-state index in [2.05, 4.69) is 154 Å². The molecule has 1 N–H and O–H groups in total. The van der Waals surface area contributed by atoms with Gasteiger partial charge in [-0.05, 0) is 136 Å². The molecule has 2 unspecified atom stereocenters. The molecule has 2 aliphatic carbocycles. The van der Waals surface area contributed by atoms with Crippen molar-refractivity contribution in [2.75, 3.05) is 4.90 Å². The highest BCUT2D eigenvalue weighted by Gasteiger charge is 2.44. The molecule has 4 aliphatic rings. The van der Waals surface area contributed by atoms with Gasteiger partial charge >= 0.3 is 5.97 Å². The number of anilines is 3. The van der Waals surface area contributed by atoms with Gasteiger partial charge in [-0.2, -0.15) is 5.26 Å². The predicted octanol–water partition coefficient (Wildman–Crippen LogP) is 17.4. The van der Waals surface area contributed by atoms with E-state index in [1.807, 2.05) is 17.8 Å². The molecule has 66 heavy (non-hydrogen) atoms. The normalized spacial score (nSPS) is 18.5. The van der Waals surface area contributed by atoms with Gasteiger partial charge in [0.15, 0.2) is 0 Å². The first-order chi connectivity index (χ1) is 32.3. The highest BCUT2D eigenvalue weighted by Crippen LogP contribution is 2.58. The van der Waals surface area contributed by atoms with Gasteiger partial charge in [-0.1, -0.05) is 164 Å². The maximum Gasteiger partial charge on any atom is 0.346 e. The number of aliphatic carboxylic acids is 1. The summed E-state index contributed by atoms with van der Waals surface area (Å²) in [6.45, 7) is 9.34. The van der Waals surface area contributed by atoms with Gasteiger partial charge in [0.25, 0.3) is 0 Å². The van der Waals surface area contributed by atoms with Gasteiger partial charge < -0.3 is 10.0 Å². The number of carboxylic acid groups (broad SMARTS) is 1. The topological polar surface area (TPSA) is 64.3 Å². The van der Waals surface area contributed by atoms with E-state index in [4.69, 9.17) is 0 Å². The average Bonchev–Trinajstić information content (AvgIpc) is 4.14. The number of hydrogen-bond acceptors (Lipinski definition) is 5. The van der Waals surface area contributed by atoms with E-state index in [0.29, 0.717) is 5.25 Å². The molecule has 0 fully saturated rings. The number of hydrogen-bond donors (Lipinski definition) is 1. The molecule has 0 spiro atoms. The SMILES string of the molecule is CCCCC1(CCCC)c2ccccc2-c2ccc(N(c3ccc(C4CC=C(C5CC=C(/C=C(\C#N)C(=O)O)S5)S4)cc3)c3ccc4c(c3)C(CCCC)(CCCC)c3ccccc3-4)cc21. The van der Waals surface area contributed by atoms with E-state index in [1.54, 1.807) is 11.8 Å². The fourth-order valence-corrected chi connectivity index (χ4v) is 14.3. The van der Waals surface area contributed by atoms with Gasteiger partial charge in [0, 0.05) is 43.3 Å². The summed E-state index contributed by atoms with van der Waals surface area (Å²) in [5.41, 5.74) is 16.3. The molecule has 0 saturated carbocycles. The van der Waals surface area contributed by atoms with Crippen LogP contribution in [0.5, 0.6) is 0 Å². The van der Waals surface area contributed by atoms with Crippen LogP contribution in [0, 0.1) is 11.3 Å². The van der Waals surface area contributed by atoms with Gasteiger partial charge in [-0.3, -0.25) is 0 Å². The van der Waals surface area contributed by atoms with Gasteiger partial charge in [0.1, 0.15) is 11.6 Å². The minimum absolute atomic E-state index is 0.0125. The largest absolute Gasteiger partial charge is 0.477 e. The summed E-state index contributed by atoms with van der Waals surface area (Å²) in [6.07, 6.45) is 21.9. The van der Waals surface area contributed by atoms with E-state index in [9.17, 15) is 15.2 Å². The number of benzene rings is 5. The zero-order valence-corrected chi connectivity index (χ0v) is 40.9. The Labute approximate surface area is 402 Å². The van der Waals surface area contributed by atoms with Crippen molar-refractivity contribution in [3.8, 4) is 28.3 Å². The van der Waals surface area contributed by atoms with Crippen LogP contribution in [0.2, 0.25) is 0 Å². The van der Waals surface area contributed by atoms with Crippen LogP contribution in [0.15, 0.2) is 143 Å². The Bertz CT molecular complexity index is 2600. The molecule has 2 heterocycles. The number of allylic oxidation sites excluding steroid dienone is 3. The predicted molar refractivity (Wildman–Crippen MR) is 280 cm³/mol. The molecule has 0 aromatic heterocycles. The molecule has 0 amide bonds. The Morgan fingerprint density at radius 3 is 1.58 bits per heavy atom. The Kier molecular flexibility index (Phi) is 13.9. The van der Waals surface area contributed by atoms with E-state index >= 15 is 0 Å². The minimum atomic E-state index is -1.18. The molecular formula is C60H64N2O2S2. The van der Waals surface area contributed by atoms with E-state index in [1.165, 1.54) is 129 Å². The summed E-state index contributed by atoms with van der Waals surface area (Å²) >= 11 is 3.60. The van der Waals surface area contributed by atoms with E-state index < -0.39 is 5.97 Å². The third kappa shape index (κ3) is 8.41. The molecule has 5 aromatic carbocycles. The van der Waals surface area contributed by atoms with E-state index in [-0.39, 0.29) is 21.7 Å². The van der Waals surface area contributed by atoms with Crippen LogP contribution in [0.4, 0.5) is 17.1 Å². The van der Waals surface area contributed by atoms with Crippen LogP contribution in [-0.4, -0.2) is 16.3 Å². The molecule has 2 atom stereocenters. The molecule has 6 heteroatoms. The van der Waals surface area contributed by atoms with Crippen molar-refractivity contribution in [1.82, 2.24) is 0 Å². The van der Waals surface area contributed by atoms with Crippen molar-refractivity contribution < 1.29 is 9.90 Å². The summed E-state index contributed by atoms with van der Waals surface area (Å²) in [4.78, 5) is 16.3. The Balaban J connectivity index is 1.12. The standard InChI is InChI=1S/C60H64N2O2S2/c1-5-9-33-59(34-10-6-2)51-19-15-13-17-47(51)49-28-25-44(38-53(49)59)62(45-26-29-50-48-18-14-16-20-52(48)60(35-11-7-3,36-12-8-4)54(50)39-45)43-23-21-41(22-24-43)55-31-32-57(66-55)56-30-27-46(65-56)37-42(40-61)58(63)64/h13-29,32,37-39,55-56H,5-12,30-31,33-36H2,1-4H3,(H,63,64)/b42-37+. The molecule has 338 valence electrons. The number of nitriles is 1. The second-order valence-corrected chi connectivity index (χ2v) is 21.5. The molecule has 9 rings (SSSR count). The van der Waals surface area contributed by atoms with Crippen molar-refractivity contribution in [3.05, 3.63) is 171 Å². The molecule has 2 aliphatic heterocycles. The van der Waals surface area contributed by atoms with Crippen molar-refractivity contribution >= 4 is 46.6 Å². The van der Waals surface area contributed by atoms with Crippen molar-refractivity contribution in [2.24, 2.45) is 0 Å². The quantitative estimate of drug-likeness (QED) is 0.0658. The Hall–Kier alpha value is -5.22. The lowest BCUT2D eigenvalue weighted by Crippen LogP contribution is -2.26. The second kappa shape index (κ2) is 19.9. The fourth-order valence-electron chi connectivity index (χ4n) is 11.6. The smallest absolute Gasteiger partial charge is 0.346 e. The summed E-state index contributed by atoms with van der Waals surface area (Å²) in [7, 11) is 0. The van der Waals surface area contributed by atoms with Crippen molar-refractivity contribution in [2.45, 2.75) is 139 Å². The number of carboxylic acids is 1. The first-order valence-electron chi connectivity index (χ1n) is 24.8. The van der Waals surface area contributed by atoms with Crippen LogP contribution in [0.3, 0.4) is 0 Å². The monoisotopic (exact) mass is 908 g/mol. The lowest BCUT2D eigenvalue weighted by Gasteiger charge is -2.35. The molecule has 5 aromatic rings. The number of thioether (sulfide) groups is 2. The van der Waals surface area contributed by atoms with Crippen molar-refractivity contribution in [3.63, 3.8) is 0 Å². The maximum absolute atomic E-state index is 11.5. The number of rotatable bonds is 19. The summed E-state index contributed by atoms with van der Waals surface area (Å²) in [5.74, 6) is -1.18. The van der Waals surface area contributed by atoms with Crippen LogP contribution < -0.4 is 4.90 Å². The zero-order chi connectivity index (χ0) is 45.8. The zero-order valence-electron chi connectivity index (χ0n) is 39.2. The summed E-state index contributed by atoms with van der Waals surface area (Å²) in [5, 5.41) is 19.3. The molecule has 0 bridgehead atoms. The van der Waals surface area contributed by atoms with Gasteiger partial charge in [0.2, 0.25) is 0 Å². The fraction of sp³-hybridized carbons (Fsp3) is 0.367. The molecular weight excluding hydrogens is 845 g/mol. The van der Waals surface area contributed by atoms with Crippen LogP contribution >= 0.6 is 23.5 Å². The minimum Gasteiger partial charge on any atom is -0.477 e. The Morgan fingerprint density at radius 1 is 0.621 bits per heavy atom. The molecule has 0 radical (unpaired) electrons. The van der Waals surface area contributed by atoms with Crippen LogP contribution in [0.25, 0.3) is 22.3 Å². The third-order valence-corrected chi connectivity index (χ3v) is 17.9. The first kappa shape index (κ1) is 45.9. The number of unbranched alkanes of at least 4 members (excludes halogenated alkanes) is 4. The highest BCUT2D eigenvalue weighted by molar-refractivity contribution is 8.08. The van der Waals surface area contributed by atoms with Crippen LogP contribution in [-0.2, 0) is 15.6 Å². The second-order valence-electron chi connectivity index (χ2n) is 18.9. The van der Waals surface area contributed by atoms with Crippen LogP contribution in [0.1, 0.15) is 151 Å². The molecule has 4 nitrogen and oxygen atoms in total. The lowest BCUT2D eigenvalue weighted by molar-refractivity contribution is -0.132. The highest BCUT2D eigenvalue weighted by atomic mass is 32.2. The number of fused-ring (bicyclic) bond motifs is 6. The van der Waals surface area contributed by atoms with Gasteiger partial charge in [-0.25, -0.2) is 4.79 Å². The van der Waals surface area contributed by atoms with Crippen molar-refractivity contribution in [1.29, 1.82) is 5.26 Å². The van der Waals surface area contributed by atoms with Gasteiger partial charge in [0.05, 0.1) is 0 Å². The average molecular weight is 909 g/mol. The van der Waals surface area contributed by atoms with Gasteiger partial charge in [-0.15, -0.1) is 23.5 Å². The lowest BCUT2D eigenvalue weighted by atomic mass is 9.70. The first-order valence-corrected chi connectivity index (χ1v) is 26.5. The summed E-state index contributed by atoms with van der Waals surface area (Å²) in [6, 6.07) is 44.5. The Morgan fingerprint density at radius 2 is 1.09 bits per heavy atom. The molecule has 0 saturated heterocycles. The number of nitrogens with zero attached hydrogens (tertiary/aromatic N) is 2. The number of carbonyl (C=O) groups is 1. The summed E-state index contributed by atoms with van der Waals surface area (Å²) < 4.78 is 0.